The molecule has 0 saturated carbocycles. The van der Waals surface area contributed by atoms with Crippen molar-refractivity contribution >= 4 is 11.6 Å². The lowest BCUT2D eigenvalue weighted by Gasteiger charge is -2.12. The average Bonchev–Trinajstić information content (AvgIpc) is 2.62. The molecule has 0 aliphatic heterocycles. The van der Waals surface area contributed by atoms with E-state index in [0.29, 0.717) is 6.33 Å². The molecule has 1 aromatic heterocycles. The Morgan fingerprint density at radius 3 is 2.31 bits per heavy atom. The first-order chi connectivity index (χ1) is 12.2. The first-order valence-corrected chi connectivity index (χ1v) is 7.83. The number of nitrogens with one attached hydrogen (secondary N) is 1. The average molecular weight is 394 g/mol. The number of hydrogen-bond acceptors (Lipinski definition) is 4. The summed E-state index contributed by atoms with van der Waals surface area (Å²) < 4.78 is 56.9. The quantitative estimate of drug-likeness (QED) is 0.702. The normalized spacial score (nSPS) is 9.85. The standard InChI is InChI=1S/C12H4ClF4N3O2.2C2H6/c13-6-1-5(3-18)8(14)7(2-6)22-9-10(12(15,16)17)19-4-20-11(9)21;2*1-2/h1-2,4H,(H,19,20,21);2*1-2H3. The zero-order chi connectivity index (χ0) is 20.5. The van der Waals surface area contributed by atoms with Crippen LogP contribution in [0, 0.1) is 17.1 Å². The Morgan fingerprint density at radius 2 is 1.81 bits per heavy atom. The summed E-state index contributed by atoms with van der Waals surface area (Å²) in [5.41, 5.74) is -3.44. The highest BCUT2D eigenvalue weighted by molar-refractivity contribution is 6.30. The van der Waals surface area contributed by atoms with Crippen LogP contribution in [0.5, 0.6) is 11.5 Å². The van der Waals surface area contributed by atoms with Crippen molar-refractivity contribution < 1.29 is 22.3 Å². The molecule has 10 heteroatoms. The molecule has 142 valence electrons. The van der Waals surface area contributed by atoms with Crippen LogP contribution in [0.15, 0.2) is 23.3 Å². The van der Waals surface area contributed by atoms with Gasteiger partial charge in [-0.1, -0.05) is 39.3 Å². The van der Waals surface area contributed by atoms with E-state index in [1.165, 1.54) is 6.07 Å². The van der Waals surface area contributed by atoms with Crippen molar-refractivity contribution in [1.29, 1.82) is 5.26 Å². The molecule has 1 heterocycles. The summed E-state index contributed by atoms with van der Waals surface area (Å²) in [4.78, 5) is 16.4. The highest BCUT2D eigenvalue weighted by Crippen LogP contribution is 2.35. The fraction of sp³-hybridized carbons (Fsp3) is 0.312. The third kappa shape index (κ3) is 5.74. The summed E-state index contributed by atoms with van der Waals surface area (Å²) in [6.45, 7) is 8.00. The predicted octanol–water partition coefficient (Wildman–Crippen LogP) is 5.30. The minimum Gasteiger partial charge on any atom is -0.446 e. The Balaban J connectivity index is 0.00000146. The number of nitrogens with zero attached hydrogens (tertiary/aromatic N) is 2. The molecule has 0 bridgehead atoms. The lowest BCUT2D eigenvalue weighted by atomic mass is 10.2. The maximum absolute atomic E-state index is 13.9. The highest BCUT2D eigenvalue weighted by Gasteiger charge is 2.38. The van der Waals surface area contributed by atoms with Crippen molar-refractivity contribution in [1.82, 2.24) is 9.97 Å². The van der Waals surface area contributed by atoms with Crippen LogP contribution < -0.4 is 10.3 Å². The Kier molecular flexibility index (Phi) is 9.36. The molecule has 0 aliphatic carbocycles. The summed E-state index contributed by atoms with van der Waals surface area (Å²) in [7, 11) is 0. The number of hydrogen-bond donors (Lipinski definition) is 1. The van der Waals surface area contributed by atoms with E-state index in [9.17, 15) is 22.4 Å². The zero-order valence-electron chi connectivity index (χ0n) is 14.3. The third-order valence-corrected chi connectivity index (χ3v) is 2.63. The van der Waals surface area contributed by atoms with Gasteiger partial charge in [-0.25, -0.2) is 9.37 Å². The van der Waals surface area contributed by atoms with Crippen molar-refractivity contribution in [2.24, 2.45) is 0 Å². The molecule has 1 N–H and O–H groups in total. The largest absolute Gasteiger partial charge is 0.446 e. The molecule has 2 rings (SSSR count). The van der Waals surface area contributed by atoms with Gasteiger partial charge in [0.05, 0.1) is 11.9 Å². The summed E-state index contributed by atoms with van der Waals surface area (Å²) in [6.07, 6.45) is -4.45. The van der Waals surface area contributed by atoms with Gasteiger partial charge < -0.3 is 9.72 Å². The van der Waals surface area contributed by atoms with Crippen LogP contribution in [-0.2, 0) is 6.18 Å². The Bertz CT molecular complexity index is 830. The minimum atomic E-state index is -4.99. The van der Waals surface area contributed by atoms with Gasteiger partial charge in [0.1, 0.15) is 6.07 Å². The molecule has 0 amide bonds. The number of H-pyrrole nitrogens is 1. The topological polar surface area (TPSA) is 78.8 Å². The van der Waals surface area contributed by atoms with Crippen LogP contribution in [0.4, 0.5) is 17.6 Å². The summed E-state index contributed by atoms with van der Waals surface area (Å²) in [6, 6.07) is 3.26. The van der Waals surface area contributed by atoms with Crippen LogP contribution in [0.25, 0.3) is 0 Å². The first kappa shape index (κ1) is 23.4. The summed E-state index contributed by atoms with van der Waals surface area (Å²) in [5.74, 6) is -3.30. The van der Waals surface area contributed by atoms with E-state index >= 15 is 0 Å². The van der Waals surface area contributed by atoms with E-state index < -0.39 is 40.3 Å². The van der Waals surface area contributed by atoms with Gasteiger partial charge in [0, 0.05) is 11.1 Å². The van der Waals surface area contributed by atoms with Crippen LogP contribution in [0.1, 0.15) is 39.0 Å². The second-order valence-electron chi connectivity index (χ2n) is 3.89. The van der Waals surface area contributed by atoms with E-state index in [0.717, 1.165) is 12.1 Å². The fourth-order valence-corrected chi connectivity index (χ4v) is 1.72. The van der Waals surface area contributed by atoms with Gasteiger partial charge in [-0.3, -0.25) is 4.79 Å². The minimum absolute atomic E-state index is 0.151. The smallest absolute Gasteiger partial charge is 0.437 e. The van der Waals surface area contributed by atoms with Gasteiger partial charge in [0.15, 0.2) is 17.3 Å². The van der Waals surface area contributed by atoms with Crippen molar-refractivity contribution in [2.45, 2.75) is 33.9 Å². The molecule has 0 spiro atoms. The van der Waals surface area contributed by atoms with E-state index in [1.807, 2.05) is 32.7 Å². The molecule has 0 unspecified atom stereocenters. The second kappa shape index (κ2) is 10.4. The highest BCUT2D eigenvalue weighted by atomic mass is 35.5. The van der Waals surface area contributed by atoms with Gasteiger partial charge in [0.25, 0.3) is 5.56 Å². The van der Waals surface area contributed by atoms with E-state index in [4.69, 9.17) is 16.9 Å². The molecule has 26 heavy (non-hydrogen) atoms. The number of ether oxygens (including phenoxy) is 1. The number of aromatic nitrogens is 2. The van der Waals surface area contributed by atoms with E-state index in [2.05, 4.69) is 9.72 Å². The predicted molar refractivity (Wildman–Crippen MR) is 88.8 cm³/mol. The van der Waals surface area contributed by atoms with Crippen LogP contribution in [0.2, 0.25) is 5.02 Å². The first-order valence-electron chi connectivity index (χ1n) is 7.46. The van der Waals surface area contributed by atoms with Crippen LogP contribution in [-0.4, -0.2) is 9.97 Å². The lowest BCUT2D eigenvalue weighted by Crippen LogP contribution is -2.19. The lowest BCUT2D eigenvalue weighted by molar-refractivity contribution is -0.142. The molecule has 0 atom stereocenters. The SMILES string of the molecule is CC.CC.N#Cc1cc(Cl)cc(Oc2c(C(F)(F)F)nc[nH]c2=O)c1F. The Morgan fingerprint density at radius 1 is 1.23 bits per heavy atom. The molecule has 0 aliphatic rings. The molecule has 0 saturated heterocycles. The molecule has 0 radical (unpaired) electrons. The second-order valence-corrected chi connectivity index (χ2v) is 4.32. The van der Waals surface area contributed by atoms with Crippen LogP contribution >= 0.6 is 11.6 Å². The fourth-order valence-electron chi connectivity index (χ4n) is 1.51. The molecule has 0 fully saturated rings. The number of alkyl halides is 3. The summed E-state index contributed by atoms with van der Waals surface area (Å²) >= 11 is 5.61. The van der Waals surface area contributed by atoms with Gasteiger partial charge >= 0.3 is 6.18 Å². The molecular weight excluding hydrogens is 378 g/mol. The molecular formula is C16H16ClF4N3O2. The third-order valence-electron chi connectivity index (χ3n) is 2.42. The van der Waals surface area contributed by atoms with Crippen molar-refractivity contribution in [2.75, 3.05) is 0 Å². The maximum atomic E-state index is 13.9. The summed E-state index contributed by atoms with van der Waals surface area (Å²) in [5, 5.41) is 8.56. The van der Waals surface area contributed by atoms with Crippen molar-refractivity contribution in [3.05, 3.63) is 50.9 Å². The maximum Gasteiger partial charge on any atom is 0.437 e. The number of aromatic amines is 1. The van der Waals surface area contributed by atoms with Crippen LogP contribution in [0.3, 0.4) is 0 Å². The number of nitriles is 1. The van der Waals surface area contributed by atoms with Gasteiger partial charge in [-0.05, 0) is 6.07 Å². The van der Waals surface area contributed by atoms with Gasteiger partial charge in [-0.2, -0.15) is 18.4 Å². The van der Waals surface area contributed by atoms with Crippen molar-refractivity contribution in [3.8, 4) is 17.6 Å². The molecule has 1 aromatic carbocycles. The van der Waals surface area contributed by atoms with E-state index in [-0.39, 0.29) is 5.02 Å². The molecule has 2 aromatic rings. The Labute approximate surface area is 152 Å². The van der Waals surface area contributed by atoms with E-state index in [1.54, 1.807) is 0 Å². The van der Waals surface area contributed by atoms with Crippen molar-refractivity contribution in [3.63, 3.8) is 0 Å². The number of halogens is 5. The zero-order valence-corrected chi connectivity index (χ0v) is 15.1. The monoisotopic (exact) mass is 393 g/mol. The Hall–Kier alpha value is -2.60. The number of rotatable bonds is 2. The van der Waals surface area contributed by atoms with Gasteiger partial charge in [-0.15, -0.1) is 0 Å². The van der Waals surface area contributed by atoms with Gasteiger partial charge in [0.2, 0.25) is 5.75 Å². The number of benzene rings is 1. The molecule has 5 nitrogen and oxygen atoms in total.